The van der Waals surface area contributed by atoms with E-state index >= 15 is 0 Å². The average molecular weight is 216 g/mol. The second-order valence-electron chi connectivity index (χ2n) is 5.16. The van der Waals surface area contributed by atoms with Crippen LogP contribution < -0.4 is 0 Å². The highest BCUT2D eigenvalue weighted by Crippen LogP contribution is 2.30. The van der Waals surface area contributed by atoms with Crippen molar-refractivity contribution in [3.63, 3.8) is 0 Å². The van der Waals surface area contributed by atoms with Crippen LogP contribution in [0.2, 0.25) is 0 Å². The Bertz CT molecular complexity index is 262. The van der Waals surface area contributed by atoms with Crippen molar-refractivity contribution in [3.8, 4) is 0 Å². The van der Waals surface area contributed by atoms with Crippen LogP contribution in [-0.4, -0.2) is 22.6 Å². The molecule has 1 unspecified atom stereocenters. The second-order valence-corrected chi connectivity index (χ2v) is 5.16. The summed E-state index contributed by atoms with van der Waals surface area (Å²) in [5, 5.41) is 9.07. The van der Waals surface area contributed by atoms with Crippen LogP contribution in [0.15, 0.2) is 0 Å². The molecule has 0 radical (unpaired) electrons. The molecule has 0 aliphatic carbocycles. The molecule has 0 aromatic rings. The third kappa shape index (κ3) is 3.22. The van der Waals surface area contributed by atoms with Crippen molar-refractivity contribution in [2.75, 3.05) is 0 Å². The summed E-state index contributed by atoms with van der Waals surface area (Å²) in [5.74, 6) is -2.14. The minimum atomic E-state index is -1.48. The summed E-state index contributed by atoms with van der Waals surface area (Å²) in [6.45, 7) is 9.93. The number of hydrogen-bond acceptors (Lipinski definition) is 3. The highest BCUT2D eigenvalue weighted by Gasteiger charge is 2.47. The Labute approximate surface area is 90.6 Å². The Balaban J connectivity index is 4.97. The predicted octanol–water partition coefficient (Wildman–Crippen LogP) is 2.07. The molecule has 0 fully saturated rings. The van der Waals surface area contributed by atoms with E-state index in [0.717, 1.165) is 0 Å². The molecule has 4 heteroatoms. The normalized spacial score (nSPS) is 15.9. The van der Waals surface area contributed by atoms with Crippen molar-refractivity contribution >= 4 is 11.9 Å². The van der Waals surface area contributed by atoms with Gasteiger partial charge in [-0.25, -0.2) is 0 Å². The zero-order valence-corrected chi connectivity index (χ0v) is 10.2. The van der Waals surface area contributed by atoms with E-state index in [0.29, 0.717) is 0 Å². The van der Waals surface area contributed by atoms with Gasteiger partial charge in [0, 0.05) is 0 Å². The van der Waals surface area contributed by atoms with Crippen LogP contribution in [0.25, 0.3) is 0 Å². The molecule has 0 aromatic heterocycles. The first-order valence-electron chi connectivity index (χ1n) is 4.98. The van der Waals surface area contributed by atoms with Gasteiger partial charge in [-0.05, 0) is 33.6 Å². The molecule has 0 aliphatic rings. The smallest absolute Gasteiger partial charge is 0.323 e. The van der Waals surface area contributed by atoms with Gasteiger partial charge in [-0.3, -0.25) is 9.59 Å². The summed E-state index contributed by atoms with van der Waals surface area (Å²) in [4.78, 5) is 22.8. The summed E-state index contributed by atoms with van der Waals surface area (Å²) in [7, 11) is 0. The summed E-state index contributed by atoms with van der Waals surface area (Å²) >= 11 is 0. The van der Waals surface area contributed by atoms with Gasteiger partial charge in [0.2, 0.25) is 0 Å². The van der Waals surface area contributed by atoms with E-state index in [1.165, 1.54) is 6.92 Å². The molecule has 0 aliphatic heterocycles. The van der Waals surface area contributed by atoms with Crippen molar-refractivity contribution in [2.24, 2.45) is 11.3 Å². The average Bonchev–Trinajstić information content (AvgIpc) is 1.98. The van der Waals surface area contributed by atoms with E-state index in [1.54, 1.807) is 34.6 Å². The molecule has 1 N–H and O–H groups in total. The topological polar surface area (TPSA) is 63.6 Å². The third-order valence-corrected chi connectivity index (χ3v) is 2.42. The van der Waals surface area contributed by atoms with Gasteiger partial charge >= 0.3 is 11.9 Å². The van der Waals surface area contributed by atoms with E-state index in [-0.39, 0.29) is 5.92 Å². The van der Waals surface area contributed by atoms with Crippen LogP contribution in [-0.2, 0) is 14.3 Å². The van der Waals surface area contributed by atoms with Gasteiger partial charge in [-0.1, -0.05) is 13.8 Å². The van der Waals surface area contributed by atoms with Crippen molar-refractivity contribution in [1.29, 1.82) is 0 Å². The van der Waals surface area contributed by atoms with Crippen LogP contribution in [0.4, 0.5) is 0 Å². The quantitative estimate of drug-likeness (QED) is 0.579. The molecule has 0 bridgehead atoms. The minimum Gasteiger partial charge on any atom is -0.480 e. The number of esters is 1. The lowest BCUT2D eigenvalue weighted by Crippen LogP contribution is -2.45. The number of carbonyl (C=O) groups excluding carboxylic acids is 1. The van der Waals surface area contributed by atoms with E-state index < -0.39 is 23.0 Å². The van der Waals surface area contributed by atoms with E-state index in [4.69, 9.17) is 9.84 Å². The first kappa shape index (κ1) is 13.9. The lowest BCUT2D eigenvalue weighted by Gasteiger charge is -2.30. The zero-order valence-electron chi connectivity index (χ0n) is 10.2. The first-order chi connectivity index (χ1) is 6.51. The van der Waals surface area contributed by atoms with Gasteiger partial charge < -0.3 is 9.84 Å². The van der Waals surface area contributed by atoms with Crippen molar-refractivity contribution in [3.05, 3.63) is 0 Å². The minimum absolute atomic E-state index is 0.315. The Hall–Kier alpha value is -1.06. The first-order valence-corrected chi connectivity index (χ1v) is 4.98. The molecule has 0 rings (SSSR count). The van der Waals surface area contributed by atoms with Crippen LogP contribution in [0.5, 0.6) is 0 Å². The fourth-order valence-electron chi connectivity index (χ4n) is 0.954. The number of carboxylic acids is 1. The van der Waals surface area contributed by atoms with Gasteiger partial charge in [0.05, 0.1) is 0 Å². The van der Waals surface area contributed by atoms with Crippen molar-refractivity contribution in [1.82, 2.24) is 0 Å². The Morgan fingerprint density at radius 3 is 1.73 bits per heavy atom. The molecule has 0 spiro atoms. The molecule has 4 nitrogen and oxygen atoms in total. The summed E-state index contributed by atoms with van der Waals surface area (Å²) < 4.78 is 5.11. The maximum atomic E-state index is 11.8. The Morgan fingerprint density at radius 2 is 1.53 bits per heavy atom. The van der Waals surface area contributed by atoms with Crippen molar-refractivity contribution in [2.45, 2.75) is 47.1 Å². The Kier molecular flexibility index (Phi) is 3.91. The van der Waals surface area contributed by atoms with Crippen LogP contribution in [0.3, 0.4) is 0 Å². The molecule has 0 aromatic carbocycles. The van der Waals surface area contributed by atoms with Crippen molar-refractivity contribution < 1.29 is 19.4 Å². The number of hydrogen-bond donors (Lipinski definition) is 1. The predicted molar refractivity (Wildman–Crippen MR) is 56.4 cm³/mol. The Morgan fingerprint density at radius 1 is 1.13 bits per heavy atom. The number of aliphatic carboxylic acids is 1. The fraction of sp³-hybridized carbons (Fsp3) is 0.818. The molecule has 0 saturated heterocycles. The van der Waals surface area contributed by atoms with E-state index in [9.17, 15) is 9.59 Å². The monoisotopic (exact) mass is 216 g/mol. The second kappa shape index (κ2) is 4.21. The highest BCUT2D eigenvalue weighted by molar-refractivity contribution is 5.99. The molecule has 0 amide bonds. The summed E-state index contributed by atoms with van der Waals surface area (Å²) in [5.41, 5.74) is -2.14. The SMILES string of the molecule is CC(C)C(C)(C(=O)O)C(=O)OC(C)(C)C. The van der Waals surface area contributed by atoms with Crippen LogP contribution in [0, 0.1) is 11.3 Å². The fourth-order valence-corrected chi connectivity index (χ4v) is 0.954. The number of rotatable bonds is 3. The van der Waals surface area contributed by atoms with Gasteiger partial charge in [-0.2, -0.15) is 0 Å². The lowest BCUT2D eigenvalue weighted by molar-refractivity contribution is -0.178. The summed E-state index contributed by atoms with van der Waals surface area (Å²) in [6.07, 6.45) is 0. The largest absolute Gasteiger partial charge is 0.480 e. The van der Waals surface area contributed by atoms with Gasteiger partial charge in [-0.15, -0.1) is 0 Å². The summed E-state index contributed by atoms with van der Waals surface area (Å²) in [6, 6.07) is 0. The lowest BCUT2D eigenvalue weighted by atomic mass is 9.79. The number of carbonyl (C=O) groups is 2. The molecule has 0 saturated carbocycles. The number of ether oxygens (including phenoxy) is 1. The standard InChI is InChI=1S/C11H20O4/c1-7(2)11(6,8(12)13)9(14)15-10(3,4)5/h7H,1-6H3,(H,12,13). The molecule has 1 atom stereocenters. The van der Waals surface area contributed by atoms with Gasteiger partial charge in [0.25, 0.3) is 0 Å². The highest BCUT2D eigenvalue weighted by atomic mass is 16.6. The van der Waals surface area contributed by atoms with Gasteiger partial charge in [0.15, 0.2) is 5.41 Å². The molecule has 88 valence electrons. The maximum Gasteiger partial charge on any atom is 0.323 e. The number of carboxylic acid groups (broad SMARTS) is 1. The third-order valence-electron chi connectivity index (χ3n) is 2.42. The van der Waals surface area contributed by atoms with E-state index in [1.807, 2.05) is 0 Å². The van der Waals surface area contributed by atoms with Crippen LogP contribution >= 0.6 is 0 Å². The maximum absolute atomic E-state index is 11.8. The molecular weight excluding hydrogens is 196 g/mol. The molecular formula is C11H20O4. The molecule has 0 heterocycles. The van der Waals surface area contributed by atoms with Gasteiger partial charge in [0.1, 0.15) is 5.60 Å². The van der Waals surface area contributed by atoms with Crippen LogP contribution in [0.1, 0.15) is 41.5 Å². The zero-order chi connectivity index (χ0) is 12.4. The van der Waals surface area contributed by atoms with E-state index in [2.05, 4.69) is 0 Å². The molecule has 15 heavy (non-hydrogen) atoms.